The normalized spacial score (nSPS) is 31.9. The third kappa shape index (κ3) is 3.86. The highest BCUT2D eigenvalue weighted by Gasteiger charge is 2.87. The molecule has 2 aromatic carbocycles. The average molecular weight is 677 g/mol. The van der Waals surface area contributed by atoms with Crippen molar-refractivity contribution < 1.29 is 23.9 Å². The summed E-state index contributed by atoms with van der Waals surface area (Å²) in [5, 5.41) is -0.339. The lowest BCUT2D eigenvalue weighted by Gasteiger charge is -2.34. The Hall–Kier alpha value is -2.00. The van der Waals surface area contributed by atoms with Gasteiger partial charge in [0.05, 0.1) is 33.5 Å². The molecule has 2 aliphatic carbocycles. The molecular weight excluding hydrogens is 657 g/mol. The predicted molar refractivity (Wildman–Crippen MR) is 157 cm³/mol. The molecule has 2 heterocycles. The Morgan fingerprint density at radius 3 is 2.07 bits per heavy atom. The number of halogens is 6. The lowest BCUT2D eigenvalue weighted by Crippen LogP contribution is -2.50. The zero-order valence-electron chi connectivity index (χ0n) is 21.2. The second-order valence-electron chi connectivity index (χ2n) is 10.6. The van der Waals surface area contributed by atoms with Gasteiger partial charge < -0.3 is 9.64 Å². The van der Waals surface area contributed by atoms with Crippen molar-refractivity contribution in [2.75, 3.05) is 11.4 Å². The number of aryl methyl sites for hydroxylation is 1. The number of allylic oxidation sites excluding steroid dienone is 2. The molecule has 0 aromatic heterocycles. The summed E-state index contributed by atoms with van der Waals surface area (Å²) in [6.45, 7) is 2.30. The lowest BCUT2D eigenvalue weighted by molar-refractivity contribution is -0.139. The minimum atomic E-state index is -2.02. The van der Waals surface area contributed by atoms with Crippen LogP contribution in [0.3, 0.4) is 0 Å². The Labute approximate surface area is 265 Å². The monoisotopic (exact) mass is 674 g/mol. The highest BCUT2D eigenvalue weighted by molar-refractivity contribution is 6.67. The number of rotatable bonds is 5. The van der Waals surface area contributed by atoms with Gasteiger partial charge in [0, 0.05) is 19.5 Å². The molecule has 7 nitrogen and oxygen atoms in total. The van der Waals surface area contributed by atoms with Gasteiger partial charge >= 0.3 is 5.97 Å². The van der Waals surface area contributed by atoms with Crippen molar-refractivity contribution in [1.82, 2.24) is 4.90 Å². The van der Waals surface area contributed by atoms with Crippen LogP contribution in [0, 0.1) is 24.7 Å². The zero-order valence-corrected chi connectivity index (χ0v) is 25.7. The number of nitrogens with zero attached hydrogens (tertiary/aromatic N) is 2. The molecule has 2 saturated heterocycles. The predicted octanol–water partition coefficient (Wildman–Crippen LogP) is 5.90. The van der Waals surface area contributed by atoms with Crippen LogP contribution in [0.15, 0.2) is 58.6 Å². The fourth-order valence-corrected chi connectivity index (χ4v) is 9.19. The van der Waals surface area contributed by atoms with Crippen molar-refractivity contribution in [2.45, 2.75) is 34.0 Å². The standard InChI is InChI=1S/C28H20Cl6N2O5/c1-13-9-16(41-25(40)15-10-18(37)35(12-15)11-14-5-3-2-4-6-14)7-8-17(13)36-23(38)19-20(24(36)39)27(32)22(30)21(29)26(19,31)28(27,33)34/h2-9,15,19-20H,10-12H2,1H3/t15-,19-,20+,26-,27-/m1/s1. The van der Waals surface area contributed by atoms with E-state index >= 15 is 0 Å². The van der Waals surface area contributed by atoms with Crippen LogP contribution in [0.25, 0.3) is 0 Å². The Morgan fingerprint density at radius 1 is 0.927 bits per heavy atom. The van der Waals surface area contributed by atoms with Gasteiger partial charge in [-0.2, -0.15) is 0 Å². The molecule has 1 saturated carbocycles. The van der Waals surface area contributed by atoms with E-state index in [4.69, 9.17) is 74.3 Å². The van der Waals surface area contributed by atoms with E-state index in [1.165, 1.54) is 18.2 Å². The molecule has 2 bridgehead atoms. The van der Waals surface area contributed by atoms with Crippen LogP contribution in [0.1, 0.15) is 17.5 Å². The first-order valence-electron chi connectivity index (χ1n) is 12.6. The van der Waals surface area contributed by atoms with E-state index in [0.717, 1.165) is 10.5 Å². The number of benzene rings is 2. The second-order valence-corrected chi connectivity index (χ2v) is 13.9. The summed E-state index contributed by atoms with van der Waals surface area (Å²) in [5.41, 5.74) is 1.66. The summed E-state index contributed by atoms with van der Waals surface area (Å²) >= 11 is 39.4. The molecule has 2 aliphatic heterocycles. The summed E-state index contributed by atoms with van der Waals surface area (Å²) in [6, 6.07) is 14.0. The number of alkyl halides is 4. The topological polar surface area (TPSA) is 84.0 Å². The molecule has 2 aromatic rings. The minimum absolute atomic E-state index is 0.0461. The van der Waals surface area contributed by atoms with Crippen molar-refractivity contribution in [1.29, 1.82) is 0 Å². The van der Waals surface area contributed by atoms with Crippen molar-refractivity contribution in [2.24, 2.45) is 17.8 Å². The molecule has 0 spiro atoms. The maximum Gasteiger partial charge on any atom is 0.316 e. The summed E-state index contributed by atoms with van der Waals surface area (Å²) in [6.07, 6.45) is 0.0461. The average Bonchev–Trinajstić information content (AvgIpc) is 3.50. The van der Waals surface area contributed by atoms with Gasteiger partial charge in [-0.05, 0) is 36.2 Å². The van der Waals surface area contributed by atoms with Crippen LogP contribution in [-0.4, -0.2) is 49.2 Å². The molecular formula is C28H20Cl6N2O5. The number of carbonyl (C=O) groups excluding carboxylic acids is 4. The molecule has 214 valence electrons. The van der Waals surface area contributed by atoms with Crippen LogP contribution in [0.2, 0.25) is 0 Å². The van der Waals surface area contributed by atoms with Gasteiger partial charge in [-0.1, -0.05) is 76.7 Å². The molecule has 41 heavy (non-hydrogen) atoms. The van der Waals surface area contributed by atoms with Crippen LogP contribution in [0.4, 0.5) is 5.69 Å². The molecule has 3 fully saturated rings. The second kappa shape index (κ2) is 9.76. The molecule has 4 aliphatic rings. The van der Waals surface area contributed by atoms with Crippen LogP contribution in [-0.2, 0) is 25.7 Å². The Bertz CT molecular complexity index is 1520. The van der Waals surface area contributed by atoms with E-state index in [9.17, 15) is 19.2 Å². The molecule has 0 N–H and O–H groups in total. The van der Waals surface area contributed by atoms with Gasteiger partial charge in [0.15, 0.2) is 4.33 Å². The smallest absolute Gasteiger partial charge is 0.316 e. The molecule has 13 heteroatoms. The van der Waals surface area contributed by atoms with Gasteiger partial charge in [0.25, 0.3) is 0 Å². The molecule has 5 atom stereocenters. The number of fused-ring (bicyclic) bond motifs is 5. The van der Waals surface area contributed by atoms with Crippen molar-refractivity contribution in [3.63, 3.8) is 0 Å². The quantitative estimate of drug-likeness (QED) is 0.171. The maximum absolute atomic E-state index is 13.7. The Morgan fingerprint density at radius 2 is 1.51 bits per heavy atom. The van der Waals surface area contributed by atoms with Gasteiger partial charge in [0.1, 0.15) is 15.5 Å². The van der Waals surface area contributed by atoms with E-state index in [0.29, 0.717) is 12.1 Å². The Kier molecular flexibility index (Phi) is 6.93. The first-order valence-corrected chi connectivity index (χ1v) is 14.9. The van der Waals surface area contributed by atoms with Crippen LogP contribution < -0.4 is 9.64 Å². The number of hydrogen-bond donors (Lipinski definition) is 0. The van der Waals surface area contributed by atoms with Crippen LogP contribution in [0.5, 0.6) is 5.75 Å². The highest BCUT2D eigenvalue weighted by Crippen LogP contribution is 2.77. The fourth-order valence-electron chi connectivity index (χ4n) is 6.26. The molecule has 3 amide bonds. The summed E-state index contributed by atoms with van der Waals surface area (Å²) in [7, 11) is 0. The van der Waals surface area contributed by atoms with E-state index in [-0.39, 0.29) is 40.4 Å². The number of likely N-dealkylation sites (tertiary alicyclic amines) is 1. The molecule has 0 radical (unpaired) electrons. The van der Waals surface area contributed by atoms with Crippen molar-refractivity contribution in [3.05, 3.63) is 69.7 Å². The third-order valence-electron chi connectivity index (χ3n) is 8.30. The highest BCUT2D eigenvalue weighted by atomic mass is 35.5. The maximum atomic E-state index is 13.7. The first-order chi connectivity index (χ1) is 19.2. The minimum Gasteiger partial charge on any atom is -0.426 e. The van der Waals surface area contributed by atoms with Crippen molar-refractivity contribution >= 4 is 99.0 Å². The van der Waals surface area contributed by atoms with E-state index in [1.807, 2.05) is 30.3 Å². The summed E-state index contributed by atoms with van der Waals surface area (Å²) in [4.78, 5) is 51.5. The van der Waals surface area contributed by atoms with Crippen LogP contribution >= 0.6 is 69.6 Å². The fraction of sp³-hybridized carbons (Fsp3) is 0.357. The number of esters is 1. The molecule has 0 unspecified atom stereocenters. The van der Waals surface area contributed by atoms with Gasteiger partial charge in [-0.3, -0.25) is 19.2 Å². The molecule has 6 rings (SSSR count). The van der Waals surface area contributed by atoms with E-state index in [1.54, 1.807) is 11.8 Å². The number of ether oxygens (including phenoxy) is 1. The number of amides is 3. The number of anilines is 1. The first kappa shape index (κ1) is 29.1. The number of carbonyl (C=O) groups is 4. The van der Waals surface area contributed by atoms with Gasteiger partial charge in [0.2, 0.25) is 17.7 Å². The van der Waals surface area contributed by atoms with E-state index in [2.05, 4.69) is 0 Å². The summed E-state index contributed by atoms with van der Waals surface area (Å²) < 4.78 is 3.56. The SMILES string of the molecule is Cc1cc(OC(=O)[C@@H]2CC(=O)N(Cc3ccccc3)C2)ccc1N1C(=O)[C@@H]2[C@H](C1=O)[C@@]1(Cl)C(Cl)=C(Cl)[C@@]2(Cl)C1(Cl)Cl. The largest absolute Gasteiger partial charge is 0.426 e. The summed E-state index contributed by atoms with van der Waals surface area (Å²) in [5.74, 6) is -4.98. The number of imide groups is 1. The van der Waals surface area contributed by atoms with E-state index < -0.39 is 49.6 Å². The third-order valence-corrected chi connectivity index (χ3v) is 12.6. The Balaban J connectivity index is 1.19. The zero-order chi connectivity index (χ0) is 29.6. The number of hydrogen-bond acceptors (Lipinski definition) is 5. The lowest BCUT2D eigenvalue weighted by atomic mass is 9.84. The van der Waals surface area contributed by atoms with Crippen molar-refractivity contribution in [3.8, 4) is 5.75 Å². The van der Waals surface area contributed by atoms with Gasteiger partial charge in [-0.25, -0.2) is 4.90 Å². The van der Waals surface area contributed by atoms with Gasteiger partial charge in [-0.15, -0.1) is 23.2 Å².